The summed E-state index contributed by atoms with van der Waals surface area (Å²) in [5.74, 6) is 0. The molecule has 1 heterocycles. The summed E-state index contributed by atoms with van der Waals surface area (Å²) < 4.78 is 0. The molecule has 1 aromatic heterocycles. The number of nitrogens with zero attached hydrogens (tertiary/aromatic N) is 2. The number of hydrogen-bond donors (Lipinski definition) is 4. The van der Waals surface area contributed by atoms with Gasteiger partial charge in [0.25, 0.3) is 0 Å². The standard InChI is InChI=1S/C13H16N2O4/c16-7-9-4-10(12(18)13(19)11(9)17)15-6-8-2-1-3-14-5-8/h1-6,10-13,16-19H,7H2/t10-,11+,12-,13?/m0/s1. The van der Waals surface area contributed by atoms with Crippen molar-refractivity contribution in [1.82, 2.24) is 4.98 Å². The van der Waals surface area contributed by atoms with Gasteiger partial charge in [-0.05, 0) is 11.6 Å². The maximum absolute atomic E-state index is 9.83. The van der Waals surface area contributed by atoms with Crippen LogP contribution in [0, 0.1) is 0 Å². The second kappa shape index (κ2) is 6.03. The van der Waals surface area contributed by atoms with Crippen LogP contribution in [0.5, 0.6) is 0 Å². The van der Waals surface area contributed by atoms with E-state index in [0.29, 0.717) is 0 Å². The van der Waals surface area contributed by atoms with E-state index in [9.17, 15) is 15.3 Å². The van der Waals surface area contributed by atoms with E-state index in [4.69, 9.17) is 5.11 Å². The molecule has 0 bridgehead atoms. The average molecular weight is 264 g/mol. The van der Waals surface area contributed by atoms with Crippen LogP contribution in [-0.4, -0.2) is 62.6 Å². The summed E-state index contributed by atoms with van der Waals surface area (Å²) in [4.78, 5) is 8.07. The van der Waals surface area contributed by atoms with Gasteiger partial charge in [-0.1, -0.05) is 12.1 Å². The monoisotopic (exact) mass is 264 g/mol. The Balaban J connectivity index is 2.19. The maximum Gasteiger partial charge on any atom is 0.112 e. The highest BCUT2D eigenvalue weighted by Crippen LogP contribution is 2.22. The Labute approximate surface area is 110 Å². The molecule has 102 valence electrons. The topological polar surface area (TPSA) is 106 Å². The predicted molar refractivity (Wildman–Crippen MR) is 68.8 cm³/mol. The molecule has 0 amide bonds. The highest BCUT2D eigenvalue weighted by atomic mass is 16.4. The molecule has 19 heavy (non-hydrogen) atoms. The number of pyridine rings is 1. The van der Waals surface area contributed by atoms with E-state index in [-0.39, 0.29) is 12.2 Å². The van der Waals surface area contributed by atoms with Crippen LogP contribution in [0.3, 0.4) is 0 Å². The largest absolute Gasteiger partial charge is 0.392 e. The van der Waals surface area contributed by atoms with E-state index in [1.165, 1.54) is 12.3 Å². The van der Waals surface area contributed by atoms with Crippen molar-refractivity contribution in [2.75, 3.05) is 6.61 Å². The molecular weight excluding hydrogens is 248 g/mol. The molecule has 2 rings (SSSR count). The zero-order valence-corrected chi connectivity index (χ0v) is 10.2. The third-order valence-electron chi connectivity index (χ3n) is 3.05. The van der Waals surface area contributed by atoms with E-state index in [1.807, 2.05) is 0 Å². The van der Waals surface area contributed by atoms with Crippen molar-refractivity contribution >= 4 is 6.21 Å². The molecule has 0 saturated heterocycles. The molecule has 4 atom stereocenters. The van der Waals surface area contributed by atoms with E-state index < -0.39 is 24.4 Å². The van der Waals surface area contributed by atoms with E-state index in [1.54, 1.807) is 24.5 Å². The molecule has 1 unspecified atom stereocenters. The van der Waals surface area contributed by atoms with Crippen LogP contribution < -0.4 is 0 Å². The van der Waals surface area contributed by atoms with Crippen molar-refractivity contribution < 1.29 is 20.4 Å². The quantitative estimate of drug-likeness (QED) is 0.409. The second-order valence-electron chi connectivity index (χ2n) is 4.38. The highest BCUT2D eigenvalue weighted by Gasteiger charge is 2.36. The van der Waals surface area contributed by atoms with Crippen molar-refractivity contribution in [3.8, 4) is 0 Å². The molecule has 6 nitrogen and oxygen atoms in total. The minimum absolute atomic E-state index is 0.256. The third kappa shape index (κ3) is 3.05. The predicted octanol–water partition coefficient (Wildman–Crippen LogP) is -1.12. The summed E-state index contributed by atoms with van der Waals surface area (Å²) >= 11 is 0. The minimum Gasteiger partial charge on any atom is -0.392 e. The first-order valence-electron chi connectivity index (χ1n) is 5.92. The van der Waals surface area contributed by atoms with Gasteiger partial charge in [0.05, 0.1) is 12.6 Å². The summed E-state index contributed by atoms with van der Waals surface area (Å²) in [7, 11) is 0. The first-order valence-corrected chi connectivity index (χ1v) is 5.92. The summed E-state index contributed by atoms with van der Waals surface area (Å²) in [6.45, 7) is -0.385. The van der Waals surface area contributed by atoms with E-state index in [0.717, 1.165) is 5.56 Å². The van der Waals surface area contributed by atoms with Crippen LogP contribution in [0.2, 0.25) is 0 Å². The molecule has 0 radical (unpaired) electrons. The van der Waals surface area contributed by atoms with Crippen LogP contribution >= 0.6 is 0 Å². The number of rotatable bonds is 3. The zero-order chi connectivity index (χ0) is 13.8. The molecular formula is C13H16N2O4. The Bertz CT molecular complexity index is 475. The molecule has 1 aromatic rings. The molecule has 0 aliphatic heterocycles. The van der Waals surface area contributed by atoms with Crippen molar-refractivity contribution in [1.29, 1.82) is 0 Å². The van der Waals surface area contributed by atoms with Gasteiger partial charge in [0.15, 0.2) is 0 Å². The zero-order valence-electron chi connectivity index (χ0n) is 10.2. The van der Waals surface area contributed by atoms with Gasteiger partial charge >= 0.3 is 0 Å². The van der Waals surface area contributed by atoms with Gasteiger partial charge in [-0.25, -0.2) is 0 Å². The molecule has 1 aliphatic carbocycles. The fourth-order valence-electron chi connectivity index (χ4n) is 1.93. The second-order valence-corrected chi connectivity index (χ2v) is 4.38. The van der Waals surface area contributed by atoms with Gasteiger partial charge < -0.3 is 20.4 Å². The molecule has 4 N–H and O–H groups in total. The number of hydrogen-bond acceptors (Lipinski definition) is 6. The maximum atomic E-state index is 9.83. The number of aliphatic hydroxyl groups is 4. The Morgan fingerprint density at radius 3 is 2.68 bits per heavy atom. The van der Waals surface area contributed by atoms with Gasteiger partial charge in [-0.15, -0.1) is 0 Å². The Morgan fingerprint density at radius 2 is 2.05 bits per heavy atom. The average Bonchev–Trinajstić information content (AvgIpc) is 2.45. The van der Waals surface area contributed by atoms with Gasteiger partial charge in [0.1, 0.15) is 18.3 Å². The lowest BCUT2D eigenvalue weighted by atomic mass is 9.88. The first-order chi connectivity index (χ1) is 9.13. The lowest BCUT2D eigenvalue weighted by Crippen LogP contribution is -2.48. The van der Waals surface area contributed by atoms with Crippen LogP contribution in [0.4, 0.5) is 0 Å². The van der Waals surface area contributed by atoms with Gasteiger partial charge in [0, 0.05) is 24.2 Å². The Kier molecular flexibility index (Phi) is 4.39. The van der Waals surface area contributed by atoms with Crippen LogP contribution in [0.1, 0.15) is 5.56 Å². The molecule has 6 heteroatoms. The molecule has 0 spiro atoms. The first kappa shape index (κ1) is 13.8. The Morgan fingerprint density at radius 1 is 1.26 bits per heavy atom. The van der Waals surface area contributed by atoms with Gasteiger partial charge in [0.2, 0.25) is 0 Å². The summed E-state index contributed by atoms with van der Waals surface area (Å²) in [6.07, 6.45) is 2.41. The van der Waals surface area contributed by atoms with E-state index >= 15 is 0 Å². The van der Waals surface area contributed by atoms with Crippen molar-refractivity contribution in [2.45, 2.75) is 24.4 Å². The molecule has 0 fully saturated rings. The van der Waals surface area contributed by atoms with Crippen LogP contribution in [0.15, 0.2) is 41.2 Å². The molecule has 0 aromatic carbocycles. The molecule has 1 aliphatic rings. The number of aromatic nitrogens is 1. The van der Waals surface area contributed by atoms with Gasteiger partial charge in [-0.2, -0.15) is 0 Å². The van der Waals surface area contributed by atoms with Crippen LogP contribution in [0.25, 0.3) is 0 Å². The third-order valence-corrected chi connectivity index (χ3v) is 3.05. The molecule has 0 saturated carbocycles. The van der Waals surface area contributed by atoms with Crippen molar-refractivity contribution in [2.24, 2.45) is 4.99 Å². The number of aliphatic imine (C=N–C) groups is 1. The highest BCUT2D eigenvalue weighted by molar-refractivity contribution is 5.79. The van der Waals surface area contributed by atoms with Gasteiger partial charge in [-0.3, -0.25) is 9.98 Å². The van der Waals surface area contributed by atoms with Crippen molar-refractivity contribution in [3.63, 3.8) is 0 Å². The summed E-state index contributed by atoms with van der Waals surface area (Å²) in [5.41, 5.74) is 1.01. The minimum atomic E-state index is -1.36. The number of aliphatic hydroxyl groups excluding tert-OH is 4. The Hall–Kier alpha value is -1.60. The fraction of sp³-hybridized carbons (Fsp3) is 0.385. The SMILES string of the molecule is OCC1=C[C@H](N=Cc2cccnc2)[C@H](O)C(O)[C@@H]1O. The van der Waals surface area contributed by atoms with Crippen molar-refractivity contribution in [3.05, 3.63) is 41.7 Å². The normalized spacial score (nSPS) is 31.5. The lowest BCUT2D eigenvalue weighted by molar-refractivity contribution is -0.0592. The van der Waals surface area contributed by atoms with Crippen LogP contribution in [-0.2, 0) is 0 Å². The summed E-state index contributed by atoms with van der Waals surface area (Å²) in [5, 5.41) is 38.2. The summed E-state index contributed by atoms with van der Waals surface area (Å²) in [6, 6.07) is 2.85. The van der Waals surface area contributed by atoms with E-state index in [2.05, 4.69) is 9.98 Å². The lowest BCUT2D eigenvalue weighted by Gasteiger charge is -2.32. The fourth-order valence-corrected chi connectivity index (χ4v) is 1.93. The smallest absolute Gasteiger partial charge is 0.112 e.